The molecular formula is C26H34N2O6. The number of aliphatic hydroxyl groups is 1. The molecular weight excluding hydrogens is 436 g/mol. The number of fused-ring (bicyclic) bond motifs is 3. The van der Waals surface area contributed by atoms with Crippen LogP contribution < -0.4 is 16.3 Å². The third kappa shape index (κ3) is 5.17. The highest BCUT2D eigenvalue weighted by atomic mass is 16.4. The summed E-state index contributed by atoms with van der Waals surface area (Å²) in [5, 5.41) is 16.1. The zero-order valence-corrected chi connectivity index (χ0v) is 20.8. The van der Waals surface area contributed by atoms with Crippen LogP contribution in [0, 0.1) is 33.6 Å². The van der Waals surface area contributed by atoms with Crippen LogP contribution in [0.4, 0.5) is 0 Å². The Morgan fingerprint density at radius 3 is 2.41 bits per heavy atom. The summed E-state index contributed by atoms with van der Waals surface area (Å²) in [6.07, 6.45) is 0.675. The number of hydrogen-bond acceptors (Lipinski definition) is 6. The van der Waals surface area contributed by atoms with Crippen LogP contribution in [0.2, 0.25) is 0 Å². The Labute approximate surface area is 198 Å². The highest BCUT2D eigenvalue weighted by Gasteiger charge is 2.25. The second-order valence-electron chi connectivity index (χ2n) is 9.34. The van der Waals surface area contributed by atoms with Crippen LogP contribution in [0.25, 0.3) is 21.9 Å². The maximum Gasteiger partial charge on any atom is 0.340 e. The standard InChI is InChI=1S/C26H34N2O6/c1-13(2)10-19(25(31)27-8-7-9-29)28-21(30)12-18-16(5)23-20(34-26(18)32)11-14(3)22-15(4)17(6)33-24(22)23/h11,13,19,29H,7-10,12H2,1-6H3,(H,27,31)(H,28,30)/t19-/m1/s1. The molecule has 34 heavy (non-hydrogen) atoms. The van der Waals surface area contributed by atoms with Crippen LogP contribution in [0.15, 0.2) is 19.7 Å². The molecule has 8 nitrogen and oxygen atoms in total. The predicted octanol–water partition coefficient (Wildman–Crippen LogP) is 3.34. The van der Waals surface area contributed by atoms with Gasteiger partial charge in [0.15, 0.2) is 0 Å². The van der Waals surface area contributed by atoms with Gasteiger partial charge < -0.3 is 24.6 Å². The van der Waals surface area contributed by atoms with Crippen molar-refractivity contribution in [3.8, 4) is 0 Å². The van der Waals surface area contributed by atoms with Gasteiger partial charge in [0.1, 0.15) is 23.0 Å². The molecule has 3 N–H and O–H groups in total. The minimum Gasteiger partial charge on any atom is -0.460 e. The van der Waals surface area contributed by atoms with Gasteiger partial charge in [-0.3, -0.25) is 9.59 Å². The van der Waals surface area contributed by atoms with Crippen molar-refractivity contribution in [2.45, 2.75) is 66.8 Å². The van der Waals surface area contributed by atoms with Crippen LogP contribution in [0.5, 0.6) is 0 Å². The second-order valence-corrected chi connectivity index (χ2v) is 9.34. The summed E-state index contributed by atoms with van der Waals surface area (Å²) in [7, 11) is 0. The Morgan fingerprint density at radius 2 is 1.76 bits per heavy atom. The summed E-state index contributed by atoms with van der Waals surface area (Å²) in [4.78, 5) is 38.3. The van der Waals surface area contributed by atoms with E-state index in [9.17, 15) is 14.4 Å². The van der Waals surface area contributed by atoms with Crippen LogP contribution in [0.3, 0.4) is 0 Å². The lowest BCUT2D eigenvalue weighted by molar-refractivity contribution is -0.129. The van der Waals surface area contributed by atoms with Gasteiger partial charge >= 0.3 is 5.63 Å². The van der Waals surface area contributed by atoms with Gasteiger partial charge in [-0.25, -0.2) is 4.79 Å². The van der Waals surface area contributed by atoms with Crippen LogP contribution in [-0.4, -0.2) is 36.1 Å². The molecule has 0 bridgehead atoms. The van der Waals surface area contributed by atoms with E-state index in [1.54, 1.807) is 6.92 Å². The van der Waals surface area contributed by atoms with Gasteiger partial charge in [-0.05, 0) is 69.2 Å². The van der Waals surface area contributed by atoms with E-state index in [1.807, 2.05) is 40.7 Å². The van der Waals surface area contributed by atoms with E-state index in [-0.39, 0.29) is 30.4 Å². The van der Waals surface area contributed by atoms with E-state index in [1.165, 1.54) is 0 Å². The molecule has 0 saturated heterocycles. The van der Waals surface area contributed by atoms with Crippen molar-refractivity contribution in [2.24, 2.45) is 5.92 Å². The summed E-state index contributed by atoms with van der Waals surface area (Å²) in [5.41, 5.74) is 3.35. The van der Waals surface area contributed by atoms with Gasteiger partial charge in [-0.1, -0.05) is 13.8 Å². The molecule has 2 aromatic heterocycles. The lowest BCUT2D eigenvalue weighted by Crippen LogP contribution is -2.48. The zero-order chi connectivity index (χ0) is 25.2. The third-order valence-corrected chi connectivity index (χ3v) is 6.21. The molecule has 0 spiro atoms. The number of aliphatic hydroxyl groups excluding tert-OH is 1. The second kappa shape index (κ2) is 10.4. The Morgan fingerprint density at radius 1 is 1.06 bits per heavy atom. The fourth-order valence-corrected chi connectivity index (χ4v) is 4.36. The maximum absolute atomic E-state index is 12.9. The molecule has 0 aliphatic carbocycles. The average molecular weight is 471 g/mol. The first kappa shape index (κ1) is 25.5. The number of nitrogens with one attached hydrogen (secondary N) is 2. The van der Waals surface area contributed by atoms with Crippen molar-refractivity contribution < 1.29 is 23.5 Å². The number of aryl methyl sites for hydroxylation is 4. The SMILES string of the molecule is Cc1oc2c(c(C)cc3oc(=O)c(CC(=O)N[C@H](CC(C)C)C(=O)NCCCO)c(C)c32)c1C. The molecule has 3 rings (SSSR count). The van der Waals surface area contributed by atoms with E-state index >= 15 is 0 Å². The Hall–Kier alpha value is -3.13. The number of carbonyl (C=O) groups is 2. The van der Waals surface area contributed by atoms with Gasteiger partial charge in [-0.15, -0.1) is 0 Å². The fraction of sp³-hybridized carbons (Fsp3) is 0.500. The number of carbonyl (C=O) groups excluding carboxylic acids is 2. The summed E-state index contributed by atoms with van der Waals surface area (Å²) in [6.45, 7) is 11.8. The summed E-state index contributed by atoms with van der Waals surface area (Å²) in [6, 6.07) is 1.09. The van der Waals surface area contributed by atoms with E-state index < -0.39 is 17.6 Å². The van der Waals surface area contributed by atoms with E-state index in [0.29, 0.717) is 41.5 Å². The Balaban J connectivity index is 1.94. The molecule has 0 saturated carbocycles. The summed E-state index contributed by atoms with van der Waals surface area (Å²) in [5.74, 6) is 0.215. The van der Waals surface area contributed by atoms with Gasteiger partial charge in [0.05, 0.1) is 17.4 Å². The third-order valence-electron chi connectivity index (χ3n) is 6.21. The molecule has 8 heteroatoms. The quantitative estimate of drug-likeness (QED) is 0.326. The zero-order valence-electron chi connectivity index (χ0n) is 20.8. The lowest BCUT2D eigenvalue weighted by atomic mass is 9.98. The van der Waals surface area contributed by atoms with Crippen molar-refractivity contribution in [3.63, 3.8) is 0 Å². The van der Waals surface area contributed by atoms with Crippen LogP contribution in [0.1, 0.15) is 54.7 Å². The molecule has 3 aromatic rings. The highest BCUT2D eigenvalue weighted by Crippen LogP contribution is 2.36. The van der Waals surface area contributed by atoms with Crippen molar-refractivity contribution in [1.29, 1.82) is 0 Å². The number of amides is 2. The Kier molecular flexibility index (Phi) is 7.82. The minimum absolute atomic E-state index is 0.0278. The minimum atomic E-state index is -0.733. The van der Waals surface area contributed by atoms with Crippen LogP contribution >= 0.6 is 0 Å². The van der Waals surface area contributed by atoms with Crippen molar-refractivity contribution >= 4 is 33.8 Å². The van der Waals surface area contributed by atoms with Gasteiger partial charge in [0, 0.05) is 18.5 Å². The number of benzene rings is 1. The predicted molar refractivity (Wildman–Crippen MR) is 131 cm³/mol. The fourth-order valence-electron chi connectivity index (χ4n) is 4.36. The Bertz CT molecular complexity index is 1280. The lowest BCUT2D eigenvalue weighted by Gasteiger charge is -2.20. The molecule has 0 aliphatic rings. The molecule has 0 fully saturated rings. The van der Waals surface area contributed by atoms with Crippen molar-refractivity contribution in [2.75, 3.05) is 13.2 Å². The largest absolute Gasteiger partial charge is 0.460 e. The summed E-state index contributed by atoms with van der Waals surface area (Å²) >= 11 is 0. The molecule has 0 unspecified atom stereocenters. The molecule has 1 atom stereocenters. The molecule has 1 aromatic carbocycles. The van der Waals surface area contributed by atoms with E-state index in [2.05, 4.69) is 10.6 Å². The number of furan rings is 1. The van der Waals surface area contributed by atoms with Gasteiger partial charge in [-0.2, -0.15) is 0 Å². The van der Waals surface area contributed by atoms with Gasteiger partial charge in [0.25, 0.3) is 0 Å². The monoisotopic (exact) mass is 470 g/mol. The first-order valence-electron chi connectivity index (χ1n) is 11.7. The maximum atomic E-state index is 12.9. The van der Waals surface area contributed by atoms with Crippen molar-refractivity contribution in [3.05, 3.63) is 44.5 Å². The normalized spacial score (nSPS) is 12.5. The number of hydrogen-bond donors (Lipinski definition) is 3. The number of rotatable bonds is 9. The molecule has 0 aliphatic heterocycles. The highest BCUT2D eigenvalue weighted by molar-refractivity contribution is 6.07. The molecule has 2 heterocycles. The van der Waals surface area contributed by atoms with E-state index in [0.717, 1.165) is 22.3 Å². The first-order chi connectivity index (χ1) is 16.0. The molecule has 0 radical (unpaired) electrons. The molecule has 184 valence electrons. The van der Waals surface area contributed by atoms with E-state index in [4.69, 9.17) is 13.9 Å². The smallest absolute Gasteiger partial charge is 0.340 e. The summed E-state index contributed by atoms with van der Waals surface area (Å²) < 4.78 is 11.6. The van der Waals surface area contributed by atoms with Gasteiger partial charge in [0.2, 0.25) is 11.8 Å². The van der Waals surface area contributed by atoms with Crippen LogP contribution in [-0.2, 0) is 16.0 Å². The first-order valence-corrected chi connectivity index (χ1v) is 11.7. The topological polar surface area (TPSA) is 122 Å². The average Bonchev–Trinajstić information content (AvgIpc) is 3.04. The van der Waals surface area contributed by atoms with Crippen molar-refractivity contribution in [1.82, 2.24) is 10.6 Å². The molecule has 2 amide bonds.